The van der Waals surface area contributed by atoms with E-state index in [9.17, 15) is 23.1 Å². The maximum absolute atomic E-state index is 12.7. The molecule has 1 aromatic heterocycles. The summed E-state index contributed by atoms with van der Waals surface area (Å²) in [6.07, 6.45) is -3.96. The van der Waals surface area contributed by atoms with Gasteiger partial charge in [-0.3, -0.25) is 4.79 Å². The topological polar surface area (TPSA) is 102 Å². The Labute approximate surface area is 147 Å². The average molecular weight is 368 g/mol. The third-order valence-electron chi connectivity index (χ3n) is 3.85. The van der Waals surface area contributed by atoms with Crippen LogP contribution in [0.25, 0.3) is 0 Å². The zero-order valence-electron chi connectivity index (χ0n) is 14.2. The Morgan fingerprint density at radius 3 is 2.46 bits per heavy atom. The van der Waals surface area contributed by atoms with E-state index in [1.807, 2.05) is 0 Å². The van der Waals surface area contributed by atoms with Crippen LogP contribution in [0.2, 0.25) is 0 Å². The number of benzene rings is 1. The number of H-pyrrole nitrogens is 1. The second-order valence-electron chi connectivity index (χ2n) is 5.71. The molecule has 9 heteroatoms. The van der Waals surface area contributed by atoms with E-state index in [2.05, 4.69) is 15.3 Å². The molecule has 1 atom stereocenters. The van der Waals surface area contributed by atoms with Crippen LogP contribution in [0.4, 0.5) is 19.0 Å². The van der Waals surface area contributed by atoms with Gasteiger partial charge < -0.3 is 20.8 Å². The fraction of sp³-hybridized carbons (Fsp3) is 0.353. The van der Waals surface area contributed by atoms with E-state index in [4.69, 9.17) is 5.41 Å². The molecule has 0 aliphatic heterocycles. The molecule has 0 amide bonds. The lowest BCUT2D eigenvalue weighted by Crippen LogP contribution is -2.26. The molecule has 0 fully saturated rings. The van der Waals surface area contributed by atoms with E-state index >= 15 is 0 Å². The standard InChI is InChI=1S/C17H19F3N4O2/c1-3-13-23-15(14(12(21)8-25)16(26)24-13)22-9(2)10-4-6-11(7-5-10)17(18,19)20/h4-7,9,21,25H,3,8H2,1-2H3,(H2,22,23,24,26). The van der Waals surface area contributed by atoms with Crippen LogP contribution < -0.4 is 10.9 Å². The van der Waals surface area contributed by atoms with E-state index in [0.29, 0.717) is 17.8 Å². The quantitative estimate of drug-likeness (QED) is 0.589. The molecule has 2 aromatic rings. The van der Waals surface area contributed by atoms with Gasteiger partial charge in [-0.2, -0.15) is 13.2 Å². The van der Waals surface area contributed by atoms with Gasteiger partial charge in [0.25, 0.3) is 5.56 Å². The van der Waals surface area contributed by atoms with Crippen LogP contribution in [0.5, 0.6) is 0 Å². The van der Waals surface area contributed by atoms with Crippen molar-refractivity contribution in [2.75, 3.05) is 11.9 Å². The van der Waals surface area contributed by atoms with Gasteiger partial charge >= 0.3 is 6.18 Å². The molecular formula is C17H19F3N4O2. The largest absolute Gasteiger partial charge is 0.416 e. The van der Waals surface area contributed by atoms with E-state index in [-0.39, 0.29) is 17.1 Å². The highest BCUT2D eigenvalue weighted by molar-refractivity contribution is 6.02. The van der Waals surface area contributed by atoms with Crippen molar-refractivity contribution in [3.63, 3.8) is 0 Å². The summed E-state index contributed by atoms with van der Waals surface area (Å²) in [4.78, 5) is 19.0. The second kappa shape index (κ2) is 7.69. The number of aryl methyl sites for hydroxylation is 1. The molecule has 0 spiro atoms. The molecule has 1 aromatic carbocycles. The molecule has 0 saturated heterocycles. The molecule has 0 aliphatic rings. The molecule has 0 radical (unpaired) electrons. The minimum atomic E-state index is -4.41. The predicted octanol–water partition coefficient (Wildman–Crippen LogP) is 2.88. The van der Waals surface area contributed by atoms with Gasteiger partial charge in [-0.05, 0) is 24.6 Å². The van der Waals surface area contributed by atoms with Crippen molar-refractivity contribution in [3.8, 4) is 0 Å². The first kappa shape index (κ1) is 19.6. The van der Waals surface area contributed by atoms with Crippen molar-refractivity contribution < 1.29 is 18.3 Å². The van der Waals surface area contributed by atoms with Gasteiger partial charge in [-0.15, -0.1) is 0 Å². The first-order valence-electron chi connectivity index (χ1n) is 7.92. The average Bonchev–Trinajstić information content (AvgIpc) is 2.60. The molecule has 0 aliphatic carbocycles. The molecular weight excluding hydrogens is 349 g/mol. The summed E-state index contributed by atoms with van der Waals surface area (Å²) < 4.78 is 38.0. The number of anilines is 1. The normalized spacial score (nSPS) is 12.7. The van der Waals surface area contributed by atoms with E-state index in [1.54, 1.807) is 13.8 Å². The second-order valence-corrected chi connectivity index (χ2v) is 5.71. The number of nitrogens with zero attached hydrogens (tertiary/aromatic N) is 1. The van der Waals surface area contributed by atoms with Crippen LogP contribution in [-0.2, 0) is 12.6 Å². The minimum absolute atomic E-state index is 0.0940. The molecule has 4 N–H and O–H groups in total. The van der Waals surface area contributed by atoms with Crippen LogP contribution >= 0.6 is 0 Å². The monoisotopic (exact) mass is 368 g/mol. The summed E-state index contributed by atoms with van der Waals surface area (Å²) in [5.41, 5.74) is -1.15. The molecule has 1 heterocycles. The maximum atomic E-state index is 12.7. The van der Waals surface area contributed by atoms with Crippen LogP contribution in [0.3, 0.4) is 0 Å². The summed E-state index contributed by atoms with van der Waals surface area (Å²) >= 11 is 0. The fourth-order valence-corrected chi connectivity index (χ4v) is 2.40. The van der Waals surface area contributed by atoms with Crippen molar-refractivity contribution in [3.05, 3.63) is 57.1 Å². The smallest absolute Gasteiger partial charge is 0.390 e. The van der Waals surface area contributed by atoms with Gasteiger partial charge in [-0.1, -0.05) is 19.1 Å². The summed E-state index contributed by atoms with van der Waals surface area (Å²) in [5, 5.41) is 19.9. The summed E-state index contributed by atoms with van der Waals surface area (Å²) in [6, 6.07) is 4.16. The molecule has 26 heavy (non-hydrogen) atoms. The number of aliphatic hydroxyl groups excluding tert-OH is 1. The van der Waals surface area contributed by atoms with Gasteiger partial charge in [0, 0.05) is 12.5 Å². The zero-order valence-corrected chi connectivity index (χ0v) is 14.2. The van der Waals surface area contributed by atoms with Gasteiger partial charge in [0.1, 0.15) is 17.2 Å². The molecule has 1 unspecified atom stereocenters. The number of nitrogens with one attached hydrogen (secondary N) is 3. The summed E-state index contributed by atoms with van der Waals surface area (Å²) in [7, 11) is 0. The lowest BCUT2D eigenvalue weighted by atomic mass is 10.1. The van der Waals surface area contributed by atoms with Crippen molar-refractivity contribution in [1.29, 1.82) is 5.41 Å². The number of halogens is 3. The van der Waals surface area contributed by atoms with Crippen LogP contribution in [0.1, 0.15) is 42.4 Å². The van der Waals surface area contributed by atoms with E-state index < -0.39 is 29.9 Å². The SMILES string of the molecule is CCc1nc(NC(C)c2ccc(C(F)(F)F)cc2)c(C(=N)CO)c(=O)[nH]1. The predicted molar refractivity (Wildman–Crippen MR) is 91.6 cm³/mol. The lowest BCUT2D eigenvalue weighted by Gasteiger charge is -2.18. The van der Waals surface area contributed by atoms with Gasteiger partial charge in [0.05, 0.1) is 17.9 Å². The van der Waals surface area contributed by atoms with E-state index in [0.717, 1.165) is 12.1 Å². The van der Waals surface area contributed by atoms with Gasteiger partial charge in [0.2, 0.25) is 0 Å². The molecule has 2 rings (SSSR count). The minimum Gasteiger partial charge on any atom is -0.390 e. The van der Waals surface area contributed by atoms with Crippen LogP contribution in [0, 0.1) is 5.41 Å². The van der Waals surface area contributed by atoms with Crippen molar-refractivity contribution >= 4 is 11.5 Å². The van der Waals surface area contributed by atoms with Gasteiger partial charge in [0.15, 0.2) is 0 Å². The Kier molecular flexibility index (Phi) is 5.81. The number of hydrogen-bond acceptors (Lipinski definition) is 5. The Hall–Kier alpha value is -2.68. The molecule has 0 bridgehead atoms. The maximum Gasteiger partial charge on any atom is 0.416 e. The number of aromatic amines is 1. The first-order chi connectivity index (χ1) is 12.2. The number of aliphatic hydroxyl groups is 1. The highest BCUT2D eigenvalue weighted by Gasteiger charge is 2.30. The number of hydrogen-bond donors (Lipinski definition) is 4. The Balaban J connectivity index is 2.36. The number of rotatable bonds is 6. The molecule has 6 nitrogen and oxygen atoms in total. The highest BCUT2D eigenvalue weighted by atomic mass is 19.4. The van der Waals surface area contributed by atoms with Crippen LogP contribution in [-0.4, -0.2) is 27.4 Å². The van der Waals surface area contributed by atoms with Crippen molar-refractivity contribution in [2.24, 2.45) is 0 Å². The summed E-state index contributed by atoms with van der Waals surface area (Å²) in [6.45, 7) is 2.85. The highest BCUT2D eigenvalue weighted by Crippen LogP contribution is 2.30. The Bertz CT molecular complexity index is 845. The number of aromatic nitrogens is 2. The van der Waals surface area contributed by atoms with Crippen molar-refractivity contribution in [2.45, 2.75) is 32.5 Å². The molecule has 140 valence electrons. The fourth-order valence-electron chi connectivity index (χ4n) is 2.40. The van der Waals surface area contributed by atoms with Crippen molar-refractivity contribution in [1.82, 2.24) is 9.97 Å². The lowest BCUT2D eigenvalue weighted by molar-refractivity contribution is -0.137. The number of alkyl halides is 3. The van der Waals surface area contributed by atoms with Gasteiger partial charge in [-0.25, -0.2) is 4.98 Å². The Morgan fingerprint density at radius 1 is 1.35 bits per heavy atom. The molecule has 0 saturated carbocycles. The third-order valence-corrected chi connectivity index (χ3v) is 3.85. The van der Waals surface area contributed by atoms with Crippen LogP contribution in [0.15, 0.2) is 29.1 Å². The Morgan fingerprint density at radius 2 is 1.96 bits per heavy atom. The first-order valence-corrected chi connectivity index (χ1v) is 7.92. The third kappa shape index (κ3) is 4.29. The van der Waals surface area contributed by atoms with E-state index in [1.165, 1.54) is 12.1 Å². The zero-order chi connectivity index (χ0) is 19.5. The summed E-state index contributed by atoms with van der Waals surface area (Å²) in [5.74, 6) is 0.503.